The van der Waals surface area contributed by atoms with Gasteiger partial charge in [-0.3, -0.25) is 4.79 Å². The van der Waals surface area contributed by atoms with Crippen molar-refractivity contribution in [1.29, 1.82) is 0 Å². The molecule has 0 saturated heterocycles. The van der Waals surface area contributed by atoms with Crippen LogP contribution in [0.15, 0.2) is 54.6 Å². The lowest BCUT2D eigenvalue weighted by Crippen LogP contribution is -2.25. The molecule has 0 aromatic heterocycles. The van der Waals surface area contributed by atoms with Gasteiger partial charge in [-0.05, 0) is 30.7 Å². The van der Waals surface area contributed by atoms with Crippen LogP contribution in [0.1, 0.15) is 49.4 Å². The second-order valence-electron chi connectivity index (χ2n) is 5.71. The van der Waals surface area contributed by atoms with Crippen LogP contribution in [0, 0.1) is 0 Å². The number of amides is 1. The molecular weight excluding hydrogens is 284 g/mol. The van der Waals surface area contributed by atoms with Crippen LogP contribution >= 0.6 is 0 Å². The molecule has 0 spiro atoms. The standard InChI is InChI=1S/C20H26N2O/c1-2-3-4-5-11-16-21-20(23)18-14-9-10-15-19(18)22-17-12-7-6-8-13-17/h6-10,12-15,22H,2-5,11,16H2,1H3,(H,21,23). The average Bonchev–Trinajstić information content (AvgIpc) is 2.59. The molecule has 0 fully saturated rings. The topological polar surface area (TPSA) is 41.1 Å². The number of hydrogen-bond donors (Lipinski definition) is 2. The molecule has 2 rings (SSSR count). The molecule has 2 N–H and O–H groups in total. The molecule has 0 saturated carbocycles. The summed E-state index contributed by atoms with van der Waals surface area (Å²) in [5.41, 5.74) is 2.50. The summed E-state index contributed by atoms with van der Waals surface area (Å²) in [5, 5.41) is 6.33. The van der Waals surface area contributed by atoms with Crippen LogP contribution in [-0.2, 0) is 0 Å². The van der Waals surface area contributed by atoms with Gasteiger partial charge < -0.3 is 10.6 Å². The molecule has 0 heterocycles. The molecule has 23 heavy (non-hydrogen) atoms. The Morgan fingerprint density at radius 1 is 0.870 bits per heavy atom. The SMILES string of the molecule is CCCCCCCNC(=O)c1ccccc1Nc1ccccc1. The number of nitrogens with one attached hydrogen (secondary N) is 2. The second-order valence-corrected chi connectivity index (χ2v) is 5.71. The summed E-state index contributed by atoms with van der Waals surface area (Å²) >= 11 is 0. The van der Waals surface area contributed by atoms with E-state index in [0.29, 0.717) is 5.56 Å². The first kappa shape index (κ1) is 17.1. The fraction of sp³-hybridized carbons (Fsp3) is 0.350. The zero-order valence-corrected chi connectivity index (χ0v) is 13.8. The van der Waals surface area contributed by atoms with Crippen molar-refractivity contribution in [1.82, 2.24) is 5.32 Å². The zero-order valence-electron chi connectivity index (χ0n) is 13.8. The van der Waals surface area contributed by atoms with Gasteiger partial charge in [-0.1, -0.05) is 62.9 Å². The number of anilines is 2. The Labute approximate surface area is 139 Å². The van der Waals surface area contributed by atoms with Crippen molar-refractivity contribution in [3.8, 4) is 0 Å². The molecule has 2 aromatic carbocycles. The molecule has 1 amide bonds. The molecule has 0 atom stereocenters. The summed E-state index contributed by atoms with van der Waals surface area (Å²) in [6, 6.07) is 17.5. The predicted molar refractivity (Wildman–Crippen MR) is 97.3 cm³/mol. The van der Waals surface area contributed by atoms with Crippen LogP contribution in [0.2, 0.25) is 0 Å². The van der Waals surface area contributed by atoms with E-state index >= 15 is 0 Å². The molecule has 0 aliphatic rings. The number of unbranched alkanes of at least 4 members (excludes halogenated alkanes) is 4. The van der Waals surface area contributed by atoms with Gasteiger partial charge in [0.2, 0.25) is 0 Å². The Morgan fingerprint density at radius 3 is 2.35 bits per heavy atom. The minimum atomic E-state index is -0.0143. The van der Waals surface area contributed by atoms with Gasteiger partial charge in [-0.25, -0.2) is 0 Å². The van der Waals surface area contributed by atoms with E-state index in [-0.39, 0.29) is 5.91 Å². The largest absolute Gasteiger partial charge is 0.355 e. The first-order valence-electron chi connectivity index (χ1n) is 8.50. The summed E-state index contributed by atoms with van der Waals surface area (Å²) in [5.74, 6) is -0.0143. The first-order valence-corrected chi connectivity index (χ1v) is 8.50. The van der Waals surface area contributed by atoms with Crippen molar-refractivity contribution in [3.63, 3.8) is 0 Å². The molecule has 3 heteroatoms. The highest BCUT2D eigenvalue weighted by Gasteiger charge is 2.10. The number of hydrogen-bond acceptors (Lipinski definition) is 2. The van der Waals surface area contributed by atoms with E-state index < -0.39 is 0 Å². The van der Waals surface area contributed by atoms with Crippen LogP contribution in [0.25, 0.3) is 0 Å². The minimum Gasteiger partial charge on any atom is -0.355 e. The Hall–Kier alpha value is -2.29. The van der Waals surface area contributed by atoms with Gasteiger partial charge in [0.05, 0.1) is 11.3 Å². The third-order valence-corrected chi connectivity index (χ3v) is 3.79. The van der Waals surface area contributed by atoms with E-state index in [0.717, 1.165) is 24.3 Å². The number of carbonyl (C=O) groups is 1. The van der Waals surface area contributed by atoms with Gasteiger partial charge in [0.25, 0.3) is 5.91 Å². The number of benzene rings is 2. The molecule has 0 aliphatic heterocycles. The number of para-hydroxylation sites is 2. The third-order valence-electron chi connectivity index (χ3n) is 3.79. The Morgan fingerprint density at radius 2 is 1.57 bits per heavy atom. The molecule has 0 aliphatic carbocycles. The summed E-state index contributed by atoms with van der Waals surface area (Å²) in [6.07, 6.45) is 5.99. The maximum absolute atomic E-state index is 12.4. The highest BCUT2D eigenvalue weighted by Crippen LogP contribution is 2.20. The van der Waals surface area contributed by atoms with Gasteiger partial charge in [0, 0.05) is 12.2 Å². The average molecular weight is 310 g/mol. The monoisotopic (exact) mass is 310 g/mol. The molecule has 0 unspecified atom stereocenters. The Balaban J connectivity index is 1.90. The van der Waals surface area contributed by atoms with Crippen LogP contribution < -0.4 is 10.6 Å². The summed E-state index contributed by atoms with van der Waals surface area (Å²) in [4.78, 5) is 12.4. The van der Waals surface area contributed by atoms with Crippen molar-refractivity contribution >= 4 is 17.3 Å². The number of rotatable bonds is 9. The van der Waals surface area contributed by atoms with E-state index in [9.17, 15) is 4.79 Å². The van der Waals surface area contributed by atoms with Crippen molar-refractivity contribution in [2.24, 2.45) is 0 Å². The van der Waals surface area contributed by atoms with E-state index in [4.69, 9.17) is 0 Å². The Kier molecular flexibility index (Phi) is 7.18. The summed E-state index contributed by atoms with van der Waals surface area (Å²) in [6.45, 7) is 2.95. The molecule has 0 bridgehead atoms. The molecule has 3 nitrogen and oxygen atoms in total. The summed E-state index contributed by atoms with van der Waals surface area (Å²) in [7, 11) is 0. The lowest BCUT2D eigenvalue weighted by atomic mass is 10.1. The van der Waals surface area contributed by atoms with Crippen molar-refractivity contribution in [2.45, 2.75) is 39.0 Å². The Bertz CT molecular complexity index is 596. The van der Waals surface area contributed by atoms with Gasteiger partial charge in [-0.15, -0.1) is 0 Å². The van der Waals surface area contributed by atoms with E-state index in [1.807, 2.05) is 54.6 Å². The fourth-order valence-corrected chi connectivity index (χ4v) is 2.49. The van der Waals surface area contributed by atoms with Crippen LogP contribution in [0.3, 0.4) is 0 Å². The van der Waals surface area contributed by atoms with Crippen molar-refractivity contribution < 1.29 is 4.79 Å². The molecule has 2 aromatic rings. The quantitative estimate of drug-likeness (QED) is 0.630. The van der Waals surface area contributed by atoms with Gasteiger partial charge in [0.15, 0.2) is 0 Å². The fourth-order valence-electron chi connectivity index (χ4n) is 2.49. The lowest BCUT2D eigenvalue weighted by molar-refractivity contribution is 0.0954. The third kappa shape index (κ3) is 5.78. The maximum Gasteiger partial charge on any atom is 0.253 e. The molecular formula is C20H26N2O. The van der Waals surface area contributed by atoms with E-state index in [1.54, 1.807) is 0 Å². The normalized spacial score (nSPS) is 10.3. The number of carbonyl (C=O) groups excluding carboxylic acids is 1. The van der Waals surface area contributed by atoms with Crippen LogP contribution in [0.4, 0.5) is 11.4 Å². The van der Waals surface area contributed by atoms with Crippen LogP contribution in [-0.4, -0.2) is 12.5 Å². The smallest absolute Gasteiger partial charge is 0.253 e. The first-order chi connectivity index (χ1) is 11.3. The molecule has 0 radical (unpaired) electrons. The van der Waals surface area contributed by atoms with Crippen molar-refractivity contribution in [2.75, 3.05) is 11.9 Å². The highest BCUT2D eigenvalue weighted by molar-refractivity contribution is 6.00. The predicted octanol–water partition coefficient (Wildman–Crippen LogP) is 5.13. The highest BCUT2D eigenvalue weighted by atomic mass is 16.1. The van der Waals surface area contributed by atoms with Crippen LogP contribution in [0.5, 0.6) is 0 Å². The van der Waals surface area contributed by atoms with Crippen molar-refractivity contribution in [3.05, 3.63) is 60.2 Å². The van der Waals surface area contributed by atoms with E-state index in [2.05, 4.69) is 17.6 Å². The van der Waals surface area contributed by atoms with E-state index in [1.165, 1.54) is 25.7 Å². The molecule has 122 valence electrons. The lowest BCUT2D eigenvalue weighted by Gasteiger charge is -2.12. The maximum atomic E-state index is 12.4. The summed E-state index contributed by atoms with van der Waals surface area (Å²) < 4.78 is 0. The van der Waals surface area contributed by atoms with Gasteiger partial charge in [-0.2, -0.15) is 0 Å². The van der Waals surface area contributed by atoms with Gasteiger partial charge in [0.1, 0.15) is 0 Å². The zero-order chi connectivity index (χ0) is 16.3. The van der Waals surface area contributed by atoms with Gasteiger partial charge >= 0.3 is 0 Å². The minimum absolute atomic E-state index is 0.0143. The second kappa shape index (κ2) is 9.67.